The van der Waals surface area contributed by atoms with Gasteiger partial charge in [0.2, 0.25) is 0 Å². The second kappa shape index (κ2) is 16.5. The molecule has 0 amide bonds. The maximum atomic E-state index is 11.1. The molecule has 0 spiro atoms. The van der Waals surface area contributed by atoms with Crippen molar-refractivity contribution in [1.82, 2.24) is 0 Å². The van der Waals surface area contributed by atoms with Crippen molar-refractivity contribution in [3.05, 3.63) is 0 Å². The van der Waals surface area contributed by atoms with E-state index in [0.29, 0.717) is 10.2 Å². The van der Waals surface area contributed by atoms with Crippen LogP contribution in [0, 0.1) is 0 Å². The van der Waals surface area contributed by atoms with Gasteiger partial charge in [0.05, 0.1) is 4.43 Å². The van der Waals surface area contributed by atoms with Gasteiger partial charge in [-0.25, -0.2) is 0 Å². The van der Waals surface area contributed by atoms with Crippen molar-refractivity contribution in [2.75, 3.05) is 4.43 Å². The zero-order valence-corrected chi connectivity index (χ0v) is 15.1. The predicted molar refractivity (Wildman–Crippen MR) is 94.2 cm³/mol. The third kappa shape index (κ3) is 16.3. The van der Waals surface area contributed by atoms with Crippen molar-refractivity contribution in [2.24, 2.45) is 0 Å². The van der Waals surface area contributed by atoms with Crippen LogP contribution in [0.2, 0.25) is 0 Å². The van der Waals surface area contributed by atoms with Crippen molar-refractivity contribution >= 4 is 28.4 Å². The third-order valence-electron chi connectivity index (χ3n) is 3.71. The number of rotatable bonds is 15. The quantitative estimate of drug-likeness (QED) is 0.181. The van der Waals surface area contributed by atoms with Gasteiger partial charge in [-0.05, 0) is 6.42 Å². The predicted octanol–water partition coefficient (Wildman–Crippen LogP) is 6.47. The minimum Gasteiger partial charge on any atom is -0.299 e. The van der Waals surface area contributed by atoms with E-state index in [1.165, 1.54) is 77.0 Å². The van der Waals surface area contributed by atoms with Gasteiger partial charge < -0.3 is 0 Å². The first-order valence-corrected chi connectivity index (χ1v) is 9.91. The number of carbonyl (C=O) groups is 1. The summed E-state index contributed by atoms with van der Waals surface area (Å²) in [5.74, 6) is 0.420. The highest BCUT2D eigenvalue weighted by molar-refractivity contribution is 14.1. The fourth-order valence-corrected chi connectivity index (χ4v) is 2.79. The Hall–Kier alpha value is 0.400. The number of hydrogen-bond acceptors (Lipinski definition) is 1. The molecule has 0 saturated carbocycles. The van der Waals surface area contributed by atoms with E-state index in [0.717, 1.165) is 12.8 Å². The normalized spacial score (nSPS) is 10.8. The summed E-state index contributed by atoms with van der Waals surface area (Å²) in [6.45, 7) is 2.28. The number of unbranched alkanes of at least 4 members (excludes halogenated alkanes) is 12. The van der Waals surface area contributed by atoms with E-state index in [1.54, 1.807) is 0 Å². The molecule has 1 nitrogen and oxygen atoms in total. The van der Waals surface area contributed by atoms with Crippen LogP contribution in [-0.2, 0) is 4.79 Å². The second-order valence-corrected chi connectivity index (χ2v) is 6.43. The smallest absolute Gasteiger partial charge is 0.142 e. The Morgan fingerprint density at radius 2 is 1.05 bits per heavy atom. The number of alkyl halides is 1. The molecule has 0 unspecified atom stereocenters. The first-order chi connectivity index (χ1) is 9.31. The fraction of sp³-hybridized carbons (Fsp3) is 0.941. The van der Waals surface area contributed by atoms with Crippen LogP contribution >= 0.6 is 22.6 Å². The number of carbonyl (C=O) groups excluding carboxylic acids is 1. The molecule has 0 aromatic heterocycles. The average Bonchev–Trinajstić information content (AvgIpc) is 2.43. The van der Waals surface area contributed by atoms with E-state index < -0.39 is 0 Å². The molecule has 0 atom stereocenters. The Kier molecular flexibility index (Phi) is 16.8. The van der Waals surface area contributed by atoms with E-state index in [2.05, 4.69) is 29.5 Å². The highest BCUT2D eigenvalue weighted by atomic mass is 127. The SMILES string of the molecule is CCCCCCCCCCCCCCCC(=O)CI. The van der Waals surface area contributed by atoms with Crippen LogP contribution in [0.25, 0.3) is 0 Å². The summed E-state index contributed by atoms with van der Waals surface area (Å²) in [6, 6.07) is 0. The standard InChI is InChI=1S/C17H33IO/c1-2-3-4-5-6-7-8-9-10-11-12-13-14-15-17(19)16-18/h2-16H2,1H3. The summed E-state index contributed by atoms with van der Waals surface area (Å²) in [4.78, 5) is 11.1. The Labute approximate surface area is 134 Å². The van der Waals surface area contributed by atoms with Crippen LogP contribution in [0.15, 0.2) is 0 Å². The lowest BCUT2D eigenvalue weighted by molar-refractivity contribution is -0.116. The van der Waals surface area contributed by atoms with Gasteiger partial charge in [0.1, 0.15) is 5.78 Å². The van der Waals surface area contributed by atoms with Gasteiger partial charge in [0.25, 0.3) is 0 Å². The molecule has 114 valence electrons. The summed E-state index contributed by atoms with van der Waals surface area (Å²) in [7, 11) is 0. The molecule has 0 radical (unpaired) electrons. The Bertz CT molecular complexity index is 192. The molecule has 0 saturated heterocycles. The van der Waals surface area contributed by atoms with E-state index in [1.807, 2.05) is 0 Å². The number of hydrogen-bond donors (Lipinski definition) is 0. The lowest BCUT2D eigenvalue weighted by Gasteiger charge is -2.02. The number of halogens is 1. The largest absolute Gasteiger partial charge is 0.299 e. The minimum absolute atomic E-state index is 0.420. The summed E-state index contributed by atoms with van der Waals surface area (Å²) >= 11 is 2.16. The zero-order valence-electron chi connectivity index (χ0n) is 12.9. The van der Waals surface area contributed by atoms with Crippen LogP contribution < -0.4 is 0 Å². The maximum absolute atomic E-state index is 11.1. The molecule has 0 aliphatic carbocycles. The highest BCUT2D eigenvalue weighted by Crippen LogP contribution is 2.13. The molecule has 0 bridgehead atoms. The van der Waals surface area contributed by atoms with Crippen molar-refractivity contribution in [3.8, 4) is 0 Å². The van der Waals surface area contributed by atoms with Gasteiger partial charge in [0, 0.05) is 6.42 Å². The molecule has 0 aromatic carbocycles. The summed E-state index contributed by atoms with van der Waals surface area (Å²) in [5.41, 5.74) is 0. The van der Waals surface area contributed by atoms with Crippen molar-refractivity contribution in [2.45, 2.75) is 96.8 Å². The van der Waals surface area contributed by atoms with Gasteiger partial charge >= 0.3 is 0 Å². The molecule has 0 fully saturated rings. The Balaban J connectivity index is 2.97. The molecule has 0 aliphatic heterocycles. The Morgan fingerprint density at radius 1 is 0.684 bits per heavy atom. The molecule has 0 aliphatic rings. The van der Waals surface area contributed by atoms with Crippen LogP contribution in [0.5, 0.6) is 0 Å². The highest BCUT2D eigenvalue weighted by Gasteiger charge is 1.98. The second-order valence-electron chi connectivity index (χ2n) is 5.66. The van der Waals surface area contributed by atoms with Gasteiger partial charge in [-0.3, -0.25) is 4.79 Å². The van der Waals surface area contributed by atoms with Crippen molar-refractivity contribution < 1.29 is 4.79 Å². The molecule has 0 N–H and O–H groups in total. The first-order valence-electron chi connectivity index (χ1n) is 8.39. The topological polar surface area (TPSA) is 17.1 Å². The number of Topliss-reactive ketones (excluding diaryl/α,β-unsaturated/α-hetero) is 1. The van der Waals surface area contributed by atoms with Gasteiger partial charge in [-0.2, -0.15) is 0 Å². The van der Waals surface area contributed by atoms with Crippen LogP contribution in [0.3, 0.4) is 0 Å². The Morgan fingerprint density at radius 3 is 1.42 bits per heavy atom. The van der Waals surface area contributed by atoms with Crippen LogP contribution in [0.4, 0.5) is 0 Å². The van der Waals surface area contributed by atoms with E-state index in [4.69, 9.17) is 0 Å². The lowest BCUT2D eigenvalue weighted by Crippen LogP contribution is -1.97. The molecule has 0 heterocycles. The fourth-order valence-electron chi connectivity index (χ4n) is 2.41. The van der Waals surface area contributed by atoms with E-state index in [9.17, 15) is 4.79 Å². The zero-order chi connectivity index (χ0) is 14.2. The van der Waals surface area contributed by atoms with Crippen LogP contribution in [-0.4, -0.2) is 10.2 Å². The number of ketones is 1. The lowest BCUT2D eigenvalue weighted by atomic mass is 10.0. The van der Waals surface area contributed by atoms with Crippen molar-refractivity contribution in [1.29, 1.82) is 0 Å². The average molecular weight is 380 g/mol. The molecular formula is C17H33IO. The maximum Gasteiger partial charge on any atom is 0.142 e. The van der Waals surface area contributed by atoms with Crippen molar-refractivity contribution in [3.63, 3.8) is 0 Å². The monoisotopic (exact) mass is 380 g/mol. The van der Waals surface area contributed by atoms with Gasteiger partial charge in [0.15, 0.2) is 0 Å². The summed E-state index contributed by atoms with van der Waals surface area (Å²) < 4.78 is 0.690. The molecule has 0 aromatic rings. The van der Waals surface area contributed by atoms with Gasteiger partial charge in [-0.15, -0.1) is 0 Å². The van der Waals surface area contributed by atoms with E-state index in [-0.39, 0.29) is 0 Å². The van der Waals surface area contributed by atoms with Gasteiger partial charge in [-0.1, -0.05) is 107 Å². The first kappa shape index (κ1) is 19.4. The molecule has 19 heavy (non-hydrogen) atoms. The molecular weight excluding hydrogens is 347 g/mol. The summed E-state index contributed by atoms with van der Waals surface area (Å²) in [6.07, 6.45) is 18.6. The molecule has 0 rings (SSSR count). The van der Waals surface area contributed by atoms with Crippen LogP contribution in [0.1, 0.15) is 96.8 Å². The third-order valence-corrected chi connectivity index (χ3v) is 4.56. The minimum atomic E-state index is 0.420. The summed E-state index contributed by atoms with van der Waals surface area (Å²) in [5, 5.41) is 0. The van der Waals surface area contributed by atoms with E-state index >= 15 is 0 Å². The molecule has 2 heteroatoms.